The molecule has 3 aliphatic heterocycles. The number of hydrogen-bond acceptors (Lipinski definition) is 7. The van der Waals surface area contributed by atoms with Gasteiger partial charge in [-0.25, -0.2) is 9.67 Å². The average molecular weight is 395 g/mol. The predicted octanol–water partition coefficient (Wildman–Crippen LogP) is -0.412. The van der Waals surface area contributed by atoms with Crippen LogP contribution >= 0.6 is 0 Å². The summed E-state index contributed by atoms with van der Waals surface area (Å²) in [6.07, 6.45) is 2.77. The SMILES string of the molecule is CN1CCOC[C@H]1C(=O)N1CCc2nc(C3CCOCC3)nn2CC1.O=CO. The molecule has 1 aromatic rings. The van der Waals surface area contributed by atoms with Crippen molar-refractivity contribution in [3.05, 3.63) is 11.6 Å². The molecule has 0 aromatic carbocycles. The summed E-state index contributed by atoms with van der Waals surface area (Å²) >= 11 is 0. The third kappa shape index (κ3) is 4.86. The molecule has 10 heteroatoms. The van der Waals surface area contributed by atoms with Crippen molar-refractivity contribution in [2.75, 3.05) is 53.1 Å². The minimum atomic E-state index is -0.250. The number of carbonyl (C=O) groups excluding carboxylic acids is 1. The highest BCUT2D eigenvalue weighted by Gasteiger charge is 2.32. The van der Waals surface area contributed by atoms with Crippen LogP contribution < -0.4 is 0 Å². The van der Waals surface area contributed by atoms with E-state index in [1.54, 1.807) is 0 Å². The number of fused-ring (bicyclic) bond motifs is 1. The van der Waals surface area contributed by atoms with Crippen LogP contribution in [-0.4, -0.2) is 101 Å². The van der Waals surface area contributed by atoms with Crippen LogP contribution in [0.15, 0.2) is 0 Å². The van der Waals surface area contributed by atoms with Gasteiger partial charge in [0.25, 0.3) is 6.47 Å². The second-order valence-electron chi connectivity index (χ2n) is 7.25. The van der Waals surface area contributed by atoms with E-state index in [1.165, 1.54) is 0 Å². The summed E-state index contributed by atoms with van der Waals surface area (Å²) in [5, 5.41) is 11.6. The van der Waals surface area contributed by atoms with Gasteiger partial charge in [-0.15, -0.1) is 0 Å². The first-order valence-corrected chi connectivity index (χ1v) is 9.80. The quantitative estimate of drug-likeness (QED) is 0.673. The number of ether oxygens (including phenoxy) is 2. The van der Waals surface area contributed by atoms with E-state index in [1.807, 2.05) is 16.6 Å². The highest BCUT2D eigenvalue weighted by atomic mass is 16.5. The molecule has 4 heterocycles. The second-order valence-corrected chi connectivity index (χ2v) is 7.25. The number of hydrogen-bond donors (Lipinski definition) is 1. The molecule has 0 spiro atoms. The average Bonchev–Trinajstić information content (AvgIpc) is 3.02. The molecule has 1 N–H and O–H groups in total. The smallest absolute Gasteiger partial charge is 0.290 e. The lowest BCUT2D eigenvalue weighted by Gasteiger charge is -2.34. The van der Waals surface area contributed by atoms with Crippen LogP contribution in [0.5, 0.6) is 0 Å². The van der Waals surface area contributed by atoms with Gasteiger partial charge in [0.2, 0.25) is 5.91 Å². The summed E-state index contributed by atoms with van der Waals surface area (Å²) in [6, 6.07) is -0.162. The van der Waals surface area contributed by atoms with Crippen molar-refractivity contribution in [3.63, 3.8) is 0 Å². The van der Waals surface area contributed by atoms with Gasteiger partial charge in [-0.3, -0.25) is 14.5 Å². The number of nitrogens with zero attached hydrogens (tertiary/aromatic N) is 5. The molecule has 10 nitrogen and oxygen atoms in total. The molecule has 0 saturated carbocycles. The van der Waals surface area contributed by atoms with Crippen LogP contribution in [0.3, 0.4) is 0 Å². The van der Waals surface area contributed by atoms with Crippen LogP contribution in [0, 0.1) is 0 Å². The van der Waals surface area contributed by atoms with Gasteiger partial charge >= 0.3 is 0 Å². The molecule has 1 atom stereocenters. The van der Waals surface area contributed by atoms with E-state index < -0.39 is 0 Å². The number of likely N-dealkylation sites (N-methyl/N-ethyl adjacent to an activating group) is 1. The Morgan fingerprint density at radius 2 is 1.89 bits per heavy atom. The van der Waals surface area contributed by atoms with Gasteiger partial charge in [0.1, 0.15) is 11.9 Å². The monoisotopic (exact) mass is 395 g/mol. The molecule has 2 fully saturated rings. The highest BCUT2D eigenvalue weighted by molar-refractivity contribution is 5.82. The minimum Gasteiger partial charge on any atom is -0.483 e. The Morgan fingerprint density at radius 1 is 1.14 bits per heavy atom. The third-order valence-corrected chi connectivity index (χ3v) is 5.53. The molecule has 2 saturated heterocycles. The highest BCUT2D eigenvalue weighted by Crippen LogP contribution is 2.25. The van der Waals surface area contributed by atoms with Crippen LogP contribution in [0.4, 0.5) is 0 Å². The molecule has 28 heavy (non-hydrogen) atoms. The summed E-state index contributed by atoms with van der Waals surface area (Å²) in [5.74, 6) is 2.54. The fraction of sp³-hybridized carbons (Fsp3) is 0.778. The first-order valence-electron chi connectivity index (χ1n) is 9.80. The lowest BCUT2D eigenvalue weighted by molar-refractivity contribution is -0.142. The van der Waals surface area contributed by atoms with Gasteiger partial charge < -0.3 is 19.5 Å². The van der Waals surface area contributed by atoms with Gasteiger partial charge in [-0.2, -0.15) is 5.10 Å². The third-order valence-electron chi connectivity index (χ3n) is 5.53. The van der Waals surface area contributed by atoms with Crippen molar-refractivity contribution in [1.82, 2.24) is 24.6 Å². The molecular formula is C18H29N5O5. The summed E-state index contributed by atoms with van der Waals surface area (Å²) in [4.78, 5) is 30.0. The number of carbonyl (C=O) groups is 2. The zero-order valence-electron chi connectivity index (χ0n) is 16.3. The number of morpholine rings is 1. The number of amides is 1. The Hall–Kier alpha value is -2.04. The summed E-state index contributed by atoms with van der Waals surface area (Å²) in [6.45, 7) is 5.46. The lowest BCUT2D eigenvalue weighted by Crippen LogP contribution is -2.53. The standard InChI is InChI=1S/C17H27N5O3.CH2O2/c1-20-8-11-25-12-14(20)17(23)21-5-2-15-18-16(19-22(15)7-6-21)13-3-9-24-10-4-13;2-1-3/h13-14H,2-12H2,1H3;1H,(H,2,3)/t14-;/m0./s1. The van der Waals surface area contributed by atoms with E-state index in [4.69, 9.17) is 29.5 Å². The molecule has 0 unspecified atom stereocenters. The van der Waals surface area contributed by atoms with Crippen molar-refractivity contribution in [3.8, 4) is 0 Å². The summed E-state index contributed by atoms with van der Waals surface area (Å²) in [7, 11) is 2.00. The Balaban J connectivity index is 0.000000706. The number of rotatable bonds is 2. The Bertz CT molecular complexity index is 635. The first-order chi connectivity index (χ1) is 13.6. The molecule has 1 amide bonds. The van der Waals surface area contributed by atoms with Gasteiger partial charge in [-0.05, 0) is 19.9 Å². The normalized spacial score (nSPS) is 23.9. The molecule has 156 valence electrons. The largest absolute Gasteiger partial charge is 0.483 e. The molecule has 4 rings (SSSR count). The summed E-state index contributed by atoms with van der Waals surface area (Å²) in [5.41, 5.74) is 0. The van der Waals surface area contributed by atoms with Gasteiger partial charge in [0.05, 0.1) is 19.8 Å². The lowest BCUT2D eigenvalue weighted by atomic mass is 10.00. The molecule has 1 aromatic heterocycles. The molecule has 0 aliphatic carbocycles. The molecular weight excluding hydrogens is 366 g/mol. The van der Waals surface area contributed by atoms with Gasteiger partial charge in [-0.1, -0.05) is 0 Å². The van der Waals surface area contributed by atoms with E-state index >= 15 is 0 Å². The first kappa shape index (κ1) is 20.7. The van der Waals surface area contributed by atoms with Crippen molar-refractivity contribution in [2.45, 2.75) is 37.8 Å². The maximum Gasteiger partial charge on any atom is 0.290 e. The zero-order valence-corrected chi connectivity index (χ0v) is 16.3. The van der Waals surface area contributed by atoms with Crippen molar-refractivity contribution >= 4 is 12.4 Å². The van der Waals surface area contributed by atoms with E-state index in [2.05, 4.69) is 4.90 Å². The van der Waals surface area contributed by atoms with Crippen molar-refractivity contribution < 1.29 is 24.2 Å². The fourth-order valence-corrected chi connectivity index (χ4v) is 3.83. The number of carboxylic acid groups (broad SMARTS) is 1. The van der Waals surface area contributed by atoms with Crippen molar-refractivity contribution in [2.24, 2.45) is 0 Å². The topological polar surface area (TPSA) is 110 Å². The van der Waals surface area contributed by atoms with E-state index in [0.717, 1.165) is 50.7 Å². The van der Waals surface area contributed by atoms with E-state index in [0.29, 0.717) is 38.8 Å². The summed E-state index contributed by atoms with van der Waals surface area (Å²) < 4.78 is 12.9. The van der Waals surface area contributed by atoms with Gasteiger partial charge in [0, 0.05) is 45.2 Å². The van der Waals surface area contributed by atoms with E-state index in [-0.39, 0.29) is 18.4 Å². The zero-order chi connectivity index (χ0) is 19.9. The predicted molar refractivity (Wildman–Crippen MR) is 99.0 cm³/mol. The number of aromatic nitrogens is 3. The second kappa shape index (κ2) is 9.94. The molecule has 0 bridgehead atoms. The molecule has 0 radical (unpaired) electrons. The fourth-order valence-electron chi connectivity index (χ4n) is 3.83. The molecule has 3 aliphatic rings. The van der Waals surface area contributed by atoms with Crippen LogP contribution in [0.25, 0.3) is 0 Å². The maximum atomic E-state index is 12.8. The van der Waals surface area contributed by atoms with E-state index in [9.17, 15) is 4.79 Å². The Labute approximate surface area is 164 Å². The van der Waals surface area contributed by atoms with Crippen LogP contribution in [0.2, 0.25) is 0 Å². The minimum absolute atomic E-state index is 0.162. The van der Waals surface area contributed by atoms with Crippen LogP contribution in [0.1, 0.15) is 30.4 Å². The van der Waals surface area contributed by atoms with Crippen LogP contribution in [-0.2, 0) is 32.0 Å². The Morgan fingerprint density at radius 3 is 2.61 bits per heavy atom. The van der Waals surface area contributed by atoms with Crippen molar-refractivity contribution in [1.29, 1.82) is 0 Å². The van der Waals surface area contributed by atoms with Gasteiger partial charge in [0.15, 0.2) is 5.82 Å². The Kier molecular flexibility index (Phi) is 7.35. The maximum absolute atomic E-state index is 12.8.